The van der Waals surface area contributed by atoms with Crippen LogP contribution in [0.1, 0.15) is 27.5 Å². The lowest BCUT2D eigenvalue weighted by molar-refractivity contribution is 0.0950. The number of aromatic nitrogens is 1. The Morgan fingerprint density at radius 1 is 1.06 bits per heavy atom. The number of rotatable bonds is 8. The van der Waals surface area contributed by atoms with Crippen LogP contribution in [-0.4, -0.2) is 45.3 Å². The van der Waals surface area contributed by atoms with E-state index in [1.807, 2.05) is 24.4 Å². The van der Waals surface area contributed by atoms with E-state index in [0.29, 0.717) is 29.4 Å². The Labute approximate surface area is 187 Å². The highest BCUT2D eigenvalue weighted by molar-refractivity contribution is 5.95. The molecule has 7 heteroatoms. The number of hydrogen-bond acceptors (Lipinski definition) is 6. The van der Waals surface area contributed by atoms with E-state index in [9.17, 15) is 4.79 Å². The van der Waals surface area contributed by atoms with Gasteiger partial charge in [0.25, 0.3) is 5.91 Å². The lowest BCUT2D eigenvalue weighted by Crippen LogP contribution is -2.37. The molecule has 3 aromatic rings. The van der Waals surface area contributed by atoms with E-state index >= 15 is 0 Å². The van der Waals surface area contributed by atoms with Gasteiger partial charge in [0.15, 0.2) is 11.5 Å². The van der Waals surface area contributed by atoms with Crippen molar-refractivity contribution in [2.24, 2.45) is 0 Å². The summed E-state index contributed by atoms with van der Waals surface area (Å²) in [6.07, 6.45) is 4.60. The molecule has 7 nitrogen and oxygen atoms in total. The quantitative estimate of drug-likeness (QED) is 0.585. The van der Waals surface area contributed by atoms with Crippen LogP contribution in [0.15, 0.2) is 60.9 Å². The minimum Gasteiger partial charge on any atom is -0.493 e. The number of benzene rings is 2. The molecule has 32 heavy (non-hydrogen) atoms. The van der Waals surface area contributed by atoms with Crippen LogP contribution in [0.4, 0.5) is 5.69 Å². The number of amides is 1. The van der Waals surface area contributed by atoms with Crippen LogP contribution in [0.5, 0.6) is 17.2 Å². The molecular weight excluding hydrogens is 406 g/mol. The largest absolute Gasteiger partial charge is 0.493 e. The number of methoxy groups -OCH3 is 3. The van der Waals surface area contributed by atoms with Crippen molar-refractivity contribution in [2.45, 2.75) is 12.5 Å². The molecule has 1 N–H and O–H groups in total. The molecule has 0 spiro atoms. The number of ether oxygens (including phenoxy) is 3. The van der Waals surface area contributed by atoms with Crippen molar-refractivity contribution < 1.29 is 19.0 Å². The lowest BCUT2D eigenvalue weighted by atomic mass is 10.1. The van der Waals surface area contributed by atoms with Crippen LogP contribution in [0, 0.1) is 0 Å². The third kappa shape index (κ3) is 4.19. The molecule has 2 aromatic carbocycles. The molecule has 0 bridgehead atoms. The van der Waals surface area contributed by atoms with Crippen LogP contribution < -0.4 is 24.4 Å². The summed E-state index contributed by atoms with van der Waals surface area (Å²) in [4.78, 5) is 19.7. The maximum atomic E-state index is 13.1. The Hall–Kier alpha value is -3.74. The van der Waals surface area contributed by atoms with Crippen molar-refractivity contribution in [3.05, 3.63) is 77.6 Å². The second-order valence-corrected chi connectivity index (χ2v) is 7.50. The fraction of sp³-hybridized carbons (Fsp3) is 0.280. The summed E-state index contributed by atoms with van der Waals surface area (Å²) in [6.45, 7) is 1.31. The zero-order valence-corrected chi connectivity index (χ0v) is 18.5. The van der Waals surface area contributed by atoms with Crippen LogP contribution in [0.2, 0.25) is 0 Å². The molecule has 0 aliphatic carbocycles. The summed E-state index contributed by atoms with van der Waals surface area (Å²) in [7, 11) is 4.59. The number of pyridine rings is 1. The fourth-order valence-corrected chi connectivity index (χ4v) is 4.17. The zero-order chi connectivity index (χ0) is 22.5. The average molecular weight is 434 g/mol. The molecule has 0 saturated heterocycles. The van der Waals surface area contributed by atoms with E-state index < -0.39 is 0 Å². The summed E-state index contributed by atoms with van der Waals surface area (Å²) < 4.78 is 16.1. The normalized spacial score (nSPS) is 13.3. The van der Waals surface area contributed by atoms with Crippen LogP contribution >= 0.6 is 0 Å². The van der Waals surface area contributed by atoms with Gasteiger partial charge in [-0.25, -0.2) is 0 Å². The molecule has 1 amide bonds. The van der Waals surface area contributed by atoms with E-state index in [4.69, 9.17) is 14.2 Å². The predicted octanol–water partition coefficient (Wildman–Crippen LogP) is 3.64. The molecule has 2 heterocycles. The van der Waals surface area contributed by atoms with E-state index in [-0.39, 0.29) is 11.9 Å². The van der Waals surface area contributed by atoms with Gasteiger partial charge in [0.05, 0.1) is 27.4 Å². The number of para-hydroxylation sites is 1. The van der Waals surface area contributed by atoms with Gasteiger partial charge < -0.3 is 24.4 Å². The number of nitrogens with zero attached hydrogens (tertiary/aromatic N) is 2. The molecule has 166 valence electrons. The van der Waals surface area contributed by atoms with Crippen molar-refractivity contribution in [1.29, 1.82) is 0 Å². The molecule has 1 atom stereocenters. The van der Waals surface area contributed by atoms with Gasteiger partial charge in [-0.3, -0.25) is 9.78 Å². The van der Waals surface area contributed by atoms with Crippen molar-refractivity contribution in [3.8, 4) is 17.2 Å². The molecule has 1 aliphatic rings. The highest BCUT2D eigenvalue weighted by atomic mass is 16.5. The monoisotopic (exact) mass is 433 g/mol. The molecule has 0 unspecified atom stereocenters. The summed E-state index contributed by atoms with van der Waals surface area (Å²) in [5, 5.41) is 3.09. The summed E-state index contributed by atoms with van der Waals surface area (Å²) in [5.74, 6) is 1.11. The minimum absolute atomic E-state index is 0.0432. The Kier molecular flexibility index (Phi) is 6.44. The minimum atomic E-state index is -0.217. The Balaban J connectivity index is 1.59. The van der Waals surface area contributed by atoms with Gasteiger partial charge >= 0.3 is 0 Å². The van der Waals surface area contributed by atoms with Gasteiger partial charge in [-0.2, -0.15) is 0 Å². The maximum Gasteiger partial charge on any atom is 0.251 e. The summed E-state index contributed by atoms with van der Waals surface area (Å²) in [5.41, 5.74) is 4.00. The second-order valence-electron chi connectivity index (χ2n) is 7.50. The van der Waals surface area contributed by atoms with Gasteiger partial charge in [0.1, 0.15) is 0 Å². The first-order valence-electron chi connectivity index (χ1n) is 10.5. The number of nitrogens with one attached hydrogen (secondary N) is 1. The van der Waals surface area contributed by atoms with E-state index in [1.165, 1.54) is 32.6 Å². The SMILES string of the molecule is COc1cc(C(=O)NC[C@H](c2cccnc2)N2CCc3ccccc32)cc(OC)c1OC. The van der Waals surface area contributed by atoms with E-state index in [1.54, 1.807) is 18.3 Å². The topological polar surface area (TPSA) is 72.9 Å². The first-order valence-corrected chi connectivity index (χ1v) is 10.5. The van der Waals surface area contributed by atoms with Crippen LogP contribution in [0.25, 0.3) is 0 Å². The van der Waals surface area contributed by atoms with Crippen molar-refractivity contribution in [1.82, 2.24) is 10.3 Å². The Bertz CT molecular complexity index is 1060. The van der Waals surface area contributed by atoms with Crippen molar-refractivity contribution in [3.63, 3.8) is 0 Å². The van der Waals surface area contributed by atoms with Gasteiger partial charge in [-0.15, -0.1) is 0 Å². The fourth-order valence-electron chi connectivity index (χ4n) is 4.17. The van der Waals surface area contributed by atoms with E-state index in [2.05, 4.69) is 33.4 Å². The third-order valence-electron chi connectivity index (χ3n) is 5.75. The number of anilines is 1. The lowest BCUT2D eigenvalue weighted by Gasteiger charge is -2.31. The maximum absolute atomic E-state index is 13.1. The highest BCUT2D eigenvalue weighted by Crippen LogP contribution is 2.38. The molecule has 4 rings (SSSR count). The van der Waals surface area contributed by atoms with Crippen molar-refractivity contribution in [2.75, 3.05) is 39.3 Å². The second kappa shape index (κ2) is 9.60. The highest BCUT2D eigenvalue weighted by Gasteiger charge is 2.28. The molecule has 0 radical (unpaired) electrons. The number of hydrogen-bond donors (Lipinski definition) is 1. The van der Waals surface area contributed by atoms with Gasteiger partial charge in [-0.05, 0) is 41.8 Å². The van der Waals surface area contributed by atoms with Gasteiger partial charge in [-0.1, -0.05) is 24.3 Å². The van der Waals surface area contributed by atoms with Crippen molar-refractivity contribution >= 4 is 11.6 Å². The Morgan fingerprint density at radius 2 is 1.81 bits per heavy atom. The van der Waals surface area contributed by atoms with Crippen LogP contribution in [-0.2, 0) is 6.42 Å². The molecule has 1 aromatic heterocycles. The summed E-state index contributed by atoms with van der Waals surface area (Å²) in [6, 6.07) is 15.6. The Morgan fingerprint density at radius 3 is 2.47 bits per heavy atom. The standard InChI is InChI=1S/C25H27N3O4/c1-30-22-13-19(14-23(31-2)24(22)32-3)25(29)27-16-21(18-8-6-11-26-15-18)28-12-10-17-7-4-5-9-20(17)28/h4-9,11,13-15,21H,10,12,16H2,1-3H3,(H,27,29)/t21-/m1/s1. The molecule has 0 saturated carbocycles. The molecule has 1 aliphatic heterocycles. The predicted molar refractivity (Wildman–Crippen MR) is 123 cm³/mol. The number of carbonyl (C=O) groups excluding carboxylic acids is 1. The number of fused-ring (bicyclic) bond motifs is 1. The first-order chi connectivity index (χ1) is 15.7. The number of carbonyl (C=O) groups is 1. The van der Waals surface area contributed by atoms with Gasteiger partial charge in [0, 0.05) is 36.7 Å². The smallest absolute Gasteiger partial charge is 0.251 e. The average Bonchev–Trinajstić information content (AvgIpc) is 3.27. The third-order valence-corrected chi connectivity index (χ3v) is 5.75. The molecule has 0 fully saturated rings. The van der Waals surface area contributed by atoms with E-state index in [0.717, 1.165) is 18.5 Å². The zero-order valence-electron chi connectivity index (χ0n) is 18.5. The van der Waals surface area contributed by atoms with Gasteiger partial charge in [0.2, 0.25) is 5.75 Å². The van der Waals surface area contributed by atoms with Crippen LogP contribution in [0.3, 0.4) is 0 Å². The first kappa shape index (κ1) is 21.5. The molecular formula is C25H27N3O4. The summed E-state index contributed by atoms with van der Waals surface area (Å²) >= 11 is 0.